The molecule has 6 heteroatoms. The van der Waals surface area contributed by atoms with Gasteiger partial charge in [-0.3, -0.25) is 9.69 Å². The van der Waals surface area contributed by atoms with Crippen LogP contribution in [0.15, 0.2) is 18.2 Å². The molecule has 0 saturated carbocycles. The van der Waals surface area contributed by atoms with Crippen molar-refractivity contribution in [1.29, 1.82) is 0 Å². The summed E-state index contributed by atoms with van der Waals surface area (Å²) in [5.74, 6) is 1.94. The van der Waals surface area contributed by atoms with Gasteiger partial charge in [0.1, 0.15) is 0 Å². The molecule has 0 aromatic heterocycles. The molecule has 22 heavy (non-hydrogen) atoms. The molecule has 1 aromatic carbocycles. The van der Waals surface area contributed by atoms with Crippen LogP contribution in [0.4, 0.5) is 16.2 Å². The van der Waals surface area contributed by atoms with E-state index in [0.29, 0.717) is 6.54 Å². The molecule has 2 heterocycles. The van der Waals surface area contributed by atoms with Crippen molar-refractivity contribution in [3.63, 3.8) is 0 Å². The minimum Gasteiger partial charge on any atom is -0.351 e. The number of carbonyl (C=O) groups is 2. The molecule has 1 unspecified atom stereocenters. The van der Waals surface area contributed by atoms with E-state index in [9.17, 15) is 9.59 Å². The fourth-order valence-corrected chi connectivity index (χ4v) is 4.47. The van der Waals surface area contributed by atoms with E-state index < -0.39 is 6.03 Å². The van der Waals surface area contributed by atoms with Crippen molar-refractivity contribution in [1.82, 2.24) is 0 Å². The first-order valence-corrected chi connectivity index (χ1v) is 8.74. The Balaban J connectivity index is 1.82. The Morgan fingerprint density at radius 1 is 1.41 bits per heavy atom. The highest BCUT2D eigenvalue weighted by atomic mass is 32.2. The Hall–Kier alpha value is -1.69. The summed E-state index contributed by atoms with van der Waals surface area (Å²) < 4.78 is 0. The molecule has 3 rings (SSSR count). The number of rotatable bonds is 2. The number of carbonyl (C=O) groups excluding carboxylic acids is 2. The first-order chi connectivity index (χ1) is 10.5. The highest BCUT2D eigenvalue weighted by molar-refractivity contribution is 7.99. The van der Waals surface area contributed by atoms with E-state index in [1.807, 2.05) is 36.9 Å². The van der Waals surface area contributed by atoms with Crippen LogP contribution in [0.2, 0.25) is 0 Å². The molecule has 2 aliphatic heterocycles. The summed E-state index contributed by atoms with van der Waals surface area (Å²) in [6.45, 7) is 2.64. The van der Waals surface area contributed by atoms with Gasteiger partial charge in [0.2, 0.25) is 5.91 Å². The molecule has 0 radical (unpaired) electrons. The van der Waals surface area contributed by atoms with Gasteiger partial charge in [0.05, 0.1) is 11.1 Å². The van der Waals surface area contributed by atoms with Crippen LogP contribution in [0, 0.1) is 5.41 Å². The number of hydrogen-bond acceptors (Lipinski definition) is 3. The van der Waals surface area contributed by atoms with Crippen molar-refractivity contribution in [2.45, 2.75) is 26.2 Å². The van der Waals surface area contributed by atoms with Crippen LogP contribution in [-0.4, -0.2) is 30.0 Å². The lowest BCUT2D eigenvalue weighted by Gasteiger charge is -2.29. The Kier molecular flexibility index (Phi) is 4.04. The normalized spacial score (nSPS) is 24.0. The van der Waals surface area contributed by atoms with Crippen LogP contribution in [-0.2, 0) is 11.2 Å². The van der Waals surface area contributed by atoms with E-state index in [1.54, 1.807) is 4.90 Å². The van der Waals surface area contributed by atoms with Gasteiger partial charge in [-0.2, -0.15) is 11.8 Å². The Morgan fingerprint density at radius 2 is 2.23 bits per heavy atom. The second-order valence-electron chi connectivity index (χ2n) is 6.25. The number of thioether (sulfide) groups is 1. The molecule has 0 bridgehead atoms. The van der Waals surface area contributed by atoms with Gasteiger partial charge in [0, 0.05) is 18.0 Å². The lowest BCUT2D eigenvalue weighted by Crippen LogP contribution is -2.39. The van der Waals surface area contributed by atoms with Crippen molar-refractivity contribution < 1.29 is 9.59 Å². The number of nitrogens with one attached hydrogen (secondary N) is 1. The Morgan fingerprint density at radius 3 is 2.91 bits per heavy atom. The number of primary amides is 1. The summed E-state index contributed by atoms with van der Waals surface area (Å²) in [5, 5.41) is 3.00. The van der Waals surface area contributed by atoms with Gasteiger partial charge in [-0.05, 0) is 49.6 Å². The highest BCUT2D eigenvalue weighted by Crippen LogP contribution is 2.37. The van der Waals surface area contributed by atoms with Gasteiger partial charge in [-0.1, -0.05) is 6.07 Å². The average Bonchev–Trinajstić information content (AvgIpc) is 2.94. The third kappa shape index (κ3) is 2.79. The lowest BCUT2D eigenvalue weighted by molar-refractivity contribution is -0.123. The quantitative estimate of drug-likeness (QED) is 0.880. The van der Waals surface area contributed by atoms with Crippen LogP contribution in [0.1, 0.15) is 25.3 Å². The molecular formula is C16H21N3O2S. The number of aryl methyl sites for hydroxylation is 1. The van der Waals surface area contributed by atoms with Crippen LogP contribution < -0.4 is 16.0 Å². The first kappa shape index (κ1) is 15.2. The second kappa shape index (κ2) is 5.83. The van der Waals surface area contributed by atoms with Crippen LogP contribution in [0.5, 0.6) is 0 Å². The number of benzene rings is 1. The van der Waals surface area contributed by atoms with E-state index >= 15 is 0 Å². The number of nitrogens with zero attached hydrogens (tertiary/aromatic N) is 1. The number of nitrogens with two attached hydrogens (primary N) is 1. The summed E-state index contributed by atoms with van der Waals surface area (Å²) in [5.41, 5.74) is 7.80. The predicted molar refractivity (Wildman–Crippen MR) is 90.4 cm³/mol. The van der Waals surface area contributed by atoms with Crippen molar-refractivity contribution >= 4 is 35.1 Å². The summed E-state index contributed by atoms with van der Waals surface area (Å²) in [4.78, 5) is 25.6. The largest absolute Gasteiger partial charge is 0.351 e. The first-order valence-electron chi connectivity index (χ1n) is 7.59. The van der Waals surface area contributed by atoms with E-state index in [1.165, 1.54) is 0 Å². The fraction of sp³-hybridized carbons (Fsp3) is 0.500. The number of hydrogen-bond donors (Lipinski definition) is 2. The molecule has 3 amide bonds. The minimum absolute atomic E-state index is 0.0545. The molecule has 0 aliphatic carbocycles. The van der Waals surface area contributed by atoms with E-state index in [-0.39, 0.29) is 11.3 Å². The third-order valence-corrected chi connectivity index (χ3v) is 5.83. The summed E-state index contributed by atoms with van der Waals surface area (Å²) >= 11 is 1.82. The number of amides is 3. The maximum atomic E-state index is 12.5. The van der Waals surface area contributed by atoms with Gasteiger partial charge in [-0.15, -0.1) is 0 Å². The van der Waals surface area contributed by atoms with E-state index in [2.05, 4.69) is 5.32 Å². The number of urea groups is 1. The summed E-state index contributed by atoms with van der Waals surface area (Å²) in [6.07, 6.45) is 2.75. The number of anilines is 2. The Labute approximate surface area is 134 Å². The molecule has 1 fully saturated rings. The monoisotopic (exact) mass is 319 g/mol. The third-order valence-electron chi connectivity index (χ3n) is 4.49. The Bertz CT molecular complexity index is 611. The zero-order valence-electron chi connectivity index (χ0n) is 12.7. The maximum absolute atomic E-state index is 12.5. The zero-order chi connectivity index (χ0) is 15.7. The van der Waals surface area contributed by atoms with Crippen molar-refractivity contribution in [3.05, 3.63) is 23.8 Å². The van der Waals surface area contributed by atoms with Gasteiger partial charge in [0.25, 0.3) is 0 Å². The highest BCUT2D eigenvalue weighted by Gasteiger charge is 2.37. The standard InChI is InChI=1S/C16H21N3O2S/c1-16(6-8-22-10-16)14(20)18-12-5-4-11-3-2-7-19(15(17)21)13(11)9-12/h4-5,9H,2-3,6-8,10H2,1H3,(H2,17,21)(H,18,20). The van der Waals surface area contributed by atoms with Crippen molar-refractivity contribution in [2.24, 2.45) is 11.1 Å². The molecule has 118 valence electrons. The zero-order valence-corrected chi connectivity index (χ0v) is 13.5. The minimum atomic E-state index is -0.441. The van der Waals surface area contributed by atoms with Crippen molar-refractivity contribution in [2.75, 3.05) is 28.3 Å². The molecule has 3 N–H and O–H groups in total. The second-order valence-corrected chi connectivity index (χ2v) is 7.36. The summed E-state index contributed by atoms with van der Waals surface area (Å²) in [7, 11) is 0. The fourth-order valence-electron chi connectivity index (χ4n) is 3.01. The smallest absolute Gasteiger partial charge is 0.319 e. The lowest BCUT2D eigenvalue weighted by atomic mass is 9.89. The van der Waals surface area contributed by atoms with E-state index in [0.717, 1.165) is 47.7 Å². The average molecular weight is 319 g/mol. The van der Waals surface area contributed by atoms with Gasteiger partial charge in [-0.25, -0.2) is 4.79 Å². The molecule has 1 aromatic rings. The molecular weight excluding hydrogens is 298 g/mol. The maximum Gasteiger partial charge on any atom is 0.319 e. The van der Waals surface area contributed by atoms with Gasteiger partial charge >= 0.3 is 6.03 Å². The van der Waals surface area contributed by atoms with Gasteiger partial charge in [0.15, 0.2) is 0 Å². The topological polar surface area (TPSA) is 75.4 Å². The molecule has 2 aliphatic rings. The van der Waals surface area contributed by atoms with Crippen molar-refractivity contribution in [3.8, 4) is 0 Å². The summed E-state index contributed by atoms with van der Waals surface area (Å²) in [6, 6.07) is 5.31. The van der Waals surface area contributed by atoms with Crippen LogP contribution in [0.3, 0.4) is 0 Å². The van der Waals surface area contributed by atoms with Gasteiger partial charge < -0.3 is 11.1 Å². The molecule has 5 nitrogen and oxygen atoms in total. The molecule has 1 atom stereocenters. The van der Waals surface area contributed by atoms with Crippen LogP contribution >= 0.6 is 11.8 Å². The molecule has 0 spiro atoms. The molecule has 1 saturated heterocycles. The SMILES string of the molecule is CC1(C(=O)Nc2ccc3c(c2)N(C(N)=O)CCC3)CCSC1. The predicted octanol–water partition coefficient (Wildman–Crippen LogP) is 2.60. The number of fused-ring (bicyclic) bond motifs is 1. The van der Waals surface area contributed by atoms with Crippen LogP contribution in [0.25, 0.3) is 0 Å². The van der Waals surface area contributed by atoms with E-state index in [4.69, 9.17) is 5.73 Å².